The number of hydrogen-bond acceptors (Lipinski definition) is 3. The molecule has 0 saturated carbocycles. The van der Waals surface area contributed by atoms with Gasteiger partial charge in [-0.2, -0.15) is 0 Å². The van der Waals surface area contributed by atoms with Crippen LogP contribution in [-0.2, 0) is 16.1 Å². The van der Waals surface area contributed by atoms with Crippen molar-refractivity contribution in [1.82, 2.24) is 5.32 Å². The highest BCUT2D eigenvalue weighted by Gasteiger charge is 2.20. The number of carbonyl (C=O) groups is 1. The number of nitrogens with one attached hydrogen (secondary N) is 1. The largest absolute Gasteiger partial charge is 0.461 e. The van der Waals surface area contributed by atoms with E-state index in [1.807, 2.05) is 37.3 Å². The van der Waals surface area contributed by atoms with Gasteiger partial charge in [-0.3, -0.25) is 4.79 Å². The van der Waals surface area contributed by atoms with E-state index in [2.05, 4.69) is 33.0 Å². The molecule has 1 aromatic carbocycles. The predicted octanol–water partition coefficient (Wildman–Crippen LogP) is 3.64. The van der Waals surface area contributed by atoms with Crippen molar-refractivity contribution in [1.29, 1.82) is 0 Å². The van der Waals surface area contributed by atoms with Crippen LogP contribution in [0.2, 0.25) is 0 Å². The van der Waals surface area contributed by atoms with Crippen LogP contribution in [0, 0.1) is 17.3 Å². The molecule has 1 rings (SSSR count). The Morgan fingerprint density at radius 1 is 1.14 bits per heavy atom. The molecule has 0 amide bonds. The number of carbonyl (C=O) groups excluding carboxylic acids is 1. The minimum atomic E-state index is -0.144. The van der Waals surface area contributed by atoms with E-state index in [4.69, 9.17) is 4.74 Å². The third kappa shape index (κ3) is 6.76. The van der Waals surface area contributed by atoms with E-state index >= 15 is 0 Å². The Bertz CT molecular complexity index is 423. The summed E-state index contributed by atoms with van der Waals surface area (Å²) in [5, 5.41) is 3.37. The topological polar surface area (TPSA) is 38.3 Å². The third-order valence-corrected chi connectivity index (χ3v) is 4.01. The van der Waals surface area contributed by atoms with Crippen molar-refractivity contribution in [3.05, 3.63) is 35.9 Å². The van der Waals surface area contributed by atoms with Gasteiger partial charge in [-0.1, -0.05) is 65.0 Å². The van der Waals surface area contributed by atoms with Crippen molar-refractivity contribution in [2.75, 3.05) is 13.1 Å². The first-order valence-electron chi connectivity index (χ1n) is 7.72. The van der Waals surface area contributed by atoms with Gasteiger partial charge in [-0.25, -0.2) is 0 Å². The fourth-order valence-electron chi connectivity index (χ4n) is 1.78. The number of esters is 1. The summed E-state index contributed by atoms with van der Waals surface area (Å²) in [6.45, 7) is 12.8. The van der Waals surface area contributed by atoms with Gasteiger partial charge in [0.15, 0.2) is 0 Å². The summed E-state index contributed by atoms with van der Waals surface area (Å²) in [6.07, 6.45) is 0. The van der Waals surface area contributed by atoms with Gasteiger partial charge >= 0.3 is 5.97 Å². The molecular formula is C18H29NO2. The van der Waals surface area contributed by atoms with Crippen LogP contribution < -0.4 is 5.32 Å². The van der Waals surface area contributed by atoms with Crippen molar-refractivity contribution >= 4 is 5.97 Å². The van der Waals surface area contributed by atoms with Gasteiger partial charge < -0.3 is 10.1 Å². The summed E-state index contributed by atoms with van der Waals surface area (Å²) in [6, 6.07) is 9.76. The molecule has 0 bridgehead atoms. The average molecular weight is 291 g/mol. The molecule has 3 nitrogen and oxygen atoms in total. The van der Waals surface area contributed by atoms with E-state index in [0.29, 0.717) is 19.1 Å². The van der Waals surface area contributed by atoms with Crippen molar-refractivity contribution in [3.63, 3.8) is 0 Å². The average Bonchev–Trinajstić information content (AvgIpc) is 2.44. The number of benzene rings is 1. The summed E-state index contributed by atoms with van der Waals surface area (Å²) in [4.78, 5) is 11.9. The van der Waals surface area contributed by atoms with Crippen LogP contribution >= 0.6 is 0 Å². The van der Waals surface area contributed by atoms with E-state index in [1.165, 1.54) is 0 Å². The zero-order chi connectivity index (χ0) is 15.9. The SMILES string of the molecule is CC(CNCC(C)C(C)(C)C)C(=O)OCc1ccccc1. The summed E-state index contributed by atoms with van der Waals surface area (Å²) in [7, 11) is 0. The molecular weight excluding hydrogens is 262 g/mol. The smallest absolute Gasteiger partial charge is 0.310 e. The predicted molar refractivity (Wildman–Crippen MR) is 86.9 cm³/mol. The molecule has 0 spiro atoms. The van der Waals surface area contributed by atoms with Crippen molar-refractivity contribution < 1.29 is 9.53 Å². The molecule has 3 heteroatoms. The minimum Gasteiger partial charge on any atom is -0.461 e. The lowest BCUT2D eigenvalue weighted by atomic mass is 9.82. The van der Waals surface area contributed by atoms with Crippen LogP contribution in [0.4, 0.5) is 0 Å². The van der Waals surface area contributed by atoms with E-state index in [9.17, 15) is 4.79 Å². The fourth-order valence-corrected chi connectivity index (χ4v) is 1.78. The highest BCUT2D eigenvalue weighted by Crippen LogP contribution is 2.24. The maximum absolute atomic E-state index is 11.9. The summed E-state index contributed by atoms with van der Waals surface area (Å²) in [5.41, 5.74) is 1.30. The number of hydrogen-bond donors (Lipinski definition) is 1. The molecule has 0 aromatic heterocycles. The van der Waals surface area contributed by atoms with Crippen LogP contribution in [0.15, 0.2) is 30.3 Å². The van der Waals surface area contributed by atoms with Gasteiger partial charge in [-0.15, -0.1) is 0 Å². The Labute approximate surface area is 129 Å². The standard InChI is InChI=1S/C18H29NO2/c1-14(11-19-12-15(2)18(3,4)5)17(20)21-13-16-9-7-6-8-10-16/h6-10,14-15,19H,11-13H2,1-5H3. The molecule has 0 radical (unpaired) electrons. The highest BCUT2D eigenvalue weighted by atomic mass is 16.5. The van der Waals surface area contributed by atoms with Crippen LogP contribution in [0.5, 0.6) is 0 Å². The van der Waals surface area contributed by atoms with Crippen molar-refractivity contribution in [2.45, 2.75) is 41.2 Å². The lowest BCUT2D eigenvalue weighted by molar-refractivity contribution is -0.149. The molecule has 0 aliphatic rings. The molecule has 118 valence electrons. The molecule has 1 N–H and O–H groups in total. The Morgan fingerprint density at radius 3 is 2.33 bits per heavy atom. The van der Waals surface area contributed by atoms with Crippen LogP contribution in [0.3, 0.4) is 0 Å². The molecule has 2 atom stereocenters. The van der Waals surface area contributed by atoms with E-state index in [-0.39, 0.29) is 17.3 Å². The Morgan fingerprint density at radius 2 is 1.76 bits per heavy atom. The second kappa shape index (κ2) is 8.18. The Balaban J connectivity index is 2.25. The molecule has 0 saturated heterocycles. The zero-order valence-electron chi connectivity index (χ0n) is 14.0. The Kier molecular flexibility index (Phi) is 6.90. The lowest BCUT2D eigenvalue weighted by Crippen LogP contribution is -2.34. The Hall–Kier alpha value is -1.35. The second-order valence-corrected chi connectivity index (χ2v) is 6.92. The quantitative estimate of drug-likeness (QED) is 0.780. The highest BCUT2D eigenvalue weighted by molar-refractivity contribution is 5.72. The second-order valence-electron chi connectivity index (χ2n) is 6.92. The van der Waals surface area contributed by atoms with Gasteiger partial charge in [0.05, 0.1) is 5.92 Å². The van der Waals surface area contributed by atoms with Crippen molar-refractivity contribution in [2.24, 2.45) is 17.3 Å². The first kappa shape index (κ1) is 17.7. The molecule has 0 aliphatic heterocycles. The molecule has 0 heterocycles. The van der Waals surface area contributed by atoms with Gasteiger partial charge in [0, 0.05) is 6.54 Å². The number of ether oxygens (including phenoxy) is 1. The minimum absolute atomic E-state index is 0.124. The van der Waals surface area contributed by atoms with Gasteiger partial charge in [0.1, 0.15) is 6.61 Å². The zero-order valence-corrected chi connectivity index (χ0v) is 14.0. The van der Waals surface area contributed by atoms with E-state index < -0.39 is 0 Å². The molecule has 2 unspecified atom stereocenters. The third-order valence-electron chi connectivity index (χ3n) is 4.01. The van der Waals surface area contributed by atoms with Gasteiger partial charge in [-0.05, 0) is 23.4 Å². The van der Waals surface area contributed by atoms with Gasteiger partial charge in [0.25, 0.3) is 0 Å². The first-order valence-corrected chi connectivity index (χ1v) is 7.72. The van der Waals surface area contributed by atoms with E-state index in [0.717, 1.165) is 12.1 Å². The maximum Gasteiger partial charge on any atom is 0.310 e. The first-order chi connectivity index (χ1) is 9.80. The van der Waals surface area contributed by atoms with Crippen LogP contribution in [-0.4, -0.2) is 19.1 Å². The fraction of sp³-hybridized carbons (Fsp3) is 0.611. The summed E-state index contributed by atoms with van der Waals surface area (Å²) < 4.78 is 5.34. The van der Waals surface area contributed by atoms with Crippen molar-refractivity contribution in [3.8, 4) is 0 Å². The van der Waals surface area contributed by atoms with E-state index in [1.54, 1.807) is 0 Å². The summed E-state index contributed by atoms with van der Waals surface area (Å²) in [5.74, 6) is 0.292. The maximum atomic E-state index is 11.9. The molecule has 21 heavy (non-hydrogen) atoms. The number of rotatable bonds is 7. The molecule has 1 aromatic rings. The summed E-state index contributed by atoms with van der Waals surface area (Å²) >= 11 is 0. The van der Waals surface area contributed by atoms with Crippen LogP contribution in [0.25, 0.3) is 0 Å². The molecule has 0 fully saturated rings. The van der Waals surface area contributed by atoms with Gasteiger partial charge in [0.2, 0.25) is 0 Å². The van der Waals surface area contributed by atoms with Crippen LogP contribution in [0.1, 0.15) is 40.2 Å². The monoisotopic (exact) mass is 291 g/mol. The lowest BCUT2D eigenvalue weighted by Gasteiger charge is -2.27. The molecule has 0 aliphatic carbocycles. The normalized spacial score (nSPS) is 14.5.